The molecular formula is C7H5N3O4. The normalized spacial score (nSPS) is 10.0. The molecule has 72 valence electrons. The number of hydrogen-bond donors (Lipinski definition) is 2. The number of oxazole rings is 1. The average Bonchev–Trinajstić information content (AvgIpc) is 2.75. The van der Waals surface area contributed by atoms with E-state index in [9.17, 15) is 4.79 Å². The second-order valence-electron chi connectivity index (χ2n) is 2.37. The highest BCUT2D eigenvalue weighted by atomic mass is 16.5. The van der Waals surface area contributed by atoms with Crippen LogP contribution in [0.5, 0.6) is 0 Å². The number of carboxylic acids is 1. The molecule has 0 aliphatic carbocycles. The predicted molar refractivity (Wildman–Crippen MR) is 43.2 cm³/mol. The Balaban J connectivity index is 2.25. The summed E-state index contributed by atoms with van der Waals surface area (Å²) in [5.74, 6) is -0.760. The topological polar surface area (TPSA) is 101 Å². The van der Waals surface area contributed by atoms with Crippen LogP contribution in [0, 0.1) is 0 Å². The molecule has 0 bridgehead atoms. The molecule has 0 unspecified atom stereocenters. The van der Waals surface area contributed by atoms with Crippen LogP contribution in [0.3, 0.4) is 0 Å². The highest BCUT2D eigenvalue weighted by molar-refractivity contribution is 5.93. The molecule has 7 heteroatoms. The van der Waals surface area contributed by atoms with Gasteiger partial charge in [-0.25, -0.2) is 9.78 Å². The molecule has 0 saturated heterocycles. The fourth-order valence-electron chi connectivity index (χ4n) is 0.873. The first-order valence-corrected chi connectivity index (χ1v) is 3.60. The van der Waals surface area contributed by atoms with Crippen LogP contribution in [0.2, 0.25) is 0 Å². The van der Waals surface area contributed by atoms with Crippen molar-refractivity contribution in [2.75, 3.05) is 5.32 Å². The molecule has 2 aromatic rings. The van der Waals surface area contributed by atoms with Crippen molar-refractivity contribution in [3.8, 4) is 0 Å². The minimum atomic E-state index is -1.13. The Morgan fingerprint density at radius 1 is 1.57 bits per heavy atom. The highest BCUT2D eigenvalue weighted by Gasteiger charge is 2.15. The summed E-state index contributed by atoms with van der Waals surface area (Å²) in [4.78, 5) is 14.3. The Bertz CT molecular complexity index is 433. The van der Waals surface area contributed by atoms with Crippen LogP contribution in [0.1, 0.15) is 10.4 Å². The highest BCUT2D eigenvalue weighted by Crippen LogP contribution is 2.18. The lowest BCUT2D eigenvalue weighted by atomic mass is 10.3. The molecule has 0 radical (unpaired) electrons. The average molecular weight is 195 g/mol. The molecule has 2 heterocycles. The Hall–Kier alpha value is -2.31. The van der Waals surface area contributed by atoms with Gasteiger partial charge in [-0.15, -0.1) is 0 Å². The molecule has 0 aliphatic rings. The summed E-state index contributed by atoms with van der Waals surface area (Å²) >= 11 is 0. The van der Waals surface area contributed by atoms with Gasteiger partial charge in [-0.1, -0.05) is 5.16 Å². The van der Waals surface area contributed by atoms with Crippen LogP contribution < -0.4 is 5.32 Å². The summed E-state index contributed by atoms with van der Waals surface area (Å²) in [6.45, 7) is 0. The van der Waals surface area contributed by atoms with E-state index < -0.39 is 5.97 Å². The fraction of sp³-hybridized carbons (Fsp3) is 0. The van der Waals surface area contributed by atoms with E-state index in [0.717, 1.165) is 6.26 Å². The Morgan fingerprint density at radius 3 is 3.07 bits per heavy atom. The smallest absolute Gasteiger partial charge is 0.342 e. The molecule has 0 fully saturated rings. The van der Waals surface area contributed by atoms with Gasteiger partial charge in [-0.3, -0.25) is 0 Å². The van der Waals surface area contributed by atoms with Gasteiger partial charge >= 0.3 is 5.97 Å². The SMILES string of the molecule is O=C(O)c1conc1Nc1cnco1. The first-order valence-electron chi connectivity index (χ1n) is 3.60. The summed E-state index contributed by atoms with van der Waals surface area (Å²) in [5, 5.41) is 14.8. The Morgan fingerprint density at radius 2 is 2.43 bits per heavy atom. The molecule has 0 amide bonds. The maximum absolute atomic E-state index is 10.6. The second-order valence-corrected chi connectivity index (χ2v) is 2.37. The van der Waals surface area contributed by atoms with Crippen molar-refractivity contribution in [2.24, 2.45) is 0 Å². The third kappa shape index (κ3) is 1.42. The van der Waals surface area contributed by atoms with Crippen LogP contribution in [0.25, 0.3) is 0 Å². The molecular weight excluding hydrogens is 190 g/mol. The molecule has 0 aliphatic heterocycles. The van der Waals surface area contributed by atoms with Crippen LogP contribution >= 0.6 is 0 Å². The lowest BCUT2D eigenvalue weighted by Gasteiger charge is -1.96. The predicted octanol–water partition coefficient (Wildman–Crippen LogP) is 1.10. The third-order valence-corrected chi connectivity index (χ3v) is 1.47. The van der Waals surface area contributed by atoms with Gasteiger partial charge in [0.1, 0.15) is 11.8 Å². The number of nitrogens with one attached hydrogen (secondary N) is 1. The zero-order chi connectivity index (χ0) is 9.97. The Labute approximate surface area is 77.3 Å². The zero-order valence-electron chi connectivity index (χ0n) is 6.80. The van der Waals surface area contributed by atoms with Gasteiger partial charge in [-0.05, 0) is 0 Å². The maximum atomic E-state index is 10.6. The van der Waals surface area contributed by atoms with Gasteiger partial charge in [0.15, 0.2) is 12.2 Å². The fourth-order valence-corrected chi connectivity index (χ4v) is 0.873. The van der Waals surface area contributed by atoms with Gasteiger partial charge in [0, 0.05) is 0 Å². The molecule has 0 spiro atoms. The number of rotatable bonds is 3. The number of aromatic carboxylic acids is 1. The van der Waals surface area contributed by atoms with Crippen molar-refractivity contribution in [1.82, 2.24) is 10.1 Å². The first kappa shape index (κ1) is 8.30. The van der Waals surface area contributed by atoms with E-state index in [2.05, 4.69) is 20.0 Å². The zero-order valence-corrected chi connectivity index (χ0v) is 6.80. The largest absolute Gasteiger partial charge is 0.477 e. The van der Waals surface area contributed by atoms with Gasteiger partial charge < -0.3 is 19.4 Å². The summed E-state index contributed by atoms with van der Waals surface area (Å²) in [6.07, 6.45) is 3.63. The number of aromatic nitrogens is 2. The molecule has 7 nitrogen and oxygen atoms in total. The van der Waals surface area contributed by atoms with E-state index >= 15 is 0 Å². The number of hydrogen-bond acceptors (Lipinski definition) is 6. The molecule has 0 atom stereocenters. The summed E-state index contributed by atoms with van der Waals surface area (Å²) in [7, 11) is 0. The molecule has 2 aromatic heterocycles. The van der Waals surface area contributed by atoms with Gasteiger partial charge in [-0.2, -0.15) is 0 Å². The number of anilines is 2. The van der Waals surface area contributed by atoms with Crippen LogP contribution in [-0.4, -0.2) is 21.2 Å². The molecule has 0 aromatic carbocycles. The third-order valence-electron chi connectivity index (χ3n) is 1.47. The van der Waals surface area contributed by atoms with E-state index in [4.69, 9.17) is 9.52 Å². The minimum Gasteiger partial charge on any atom is -0.477 e. The number of carboxylic acid groups (broad SMARTS) is 1. The van der Waals surface area contributed by atoms with Crippen LogP contribution in [0.4, 0.5) is 11.7 Å². The van der Waals surface area contributed by atoms with Crippen LogP contribution in [0.15, 0.2) is 27.8 Å². The van der Waals surface area contributed by atoms with Crippen molar-refractivity contribution in [3.63, 3.8) is 0 Å². The molecule has 2 rings (SSSR count). The van der Waals surface area contributed by atoms with Crippen molar-refractivity contribution in [1.29, 1.82) is 0 Å². The molecule has 0 saturated carbocycles. The van der Waals surface area contributed by atoms with E-state index in [1.54, 1.807) is 0 Å². The number of nitrogens with zero attached hydrogens (tertiary/aromatic N) is 2. The lowest BCUT2D eigenvalue weighted by Crippen LogP contribution is -1.99. The van der Waals surface area contributed by atoms with Crippen molar-refractivity contribution < 1.29 is 18.8 Å². The van der Waals surface area contributed by atoms with E-state index in [1.807, 2.05) is 0 Å². The van der Waals surface area contributed by atoms with E-state index in [-0.39, 0.29) is 11.4 Å². The maximum Gasteiger partial charge on any atom is 0.342 e. The van der Waals surface area contributed by atoms with Crippen molar-refractivity contribution >= 4 is 17.7 Å². The Kier molecular flexibility index (Phi) is 1.90. The second kappa shape index (κ2) is 3.21. The van der Waals surface area contributed by atoms with Gasteiger partial charge in [0.25, 0.3) is 0 Å². The summed E-state index contributed by atoms with van der Waals surface area (Å²) < 4.78 is 9.35. The van der Waals surface area contributed by atoms with E-state index in [0.29, 0.717) is 5.88 Å². The van der Waals surface area contributed by atoms with Crippen LogP contribution in [-0.2, 0) is 0 Å². The first-order chi connectivity index (χ1) is 6.77. The quantitative estimate of drug-likeness (QED) is 0.755. The number of carbonyl (C=O) groups is 1. The van der Waals surface area contributed by atoms with Crippen molar-refractivity contribution in [3.05, 3.63) is 24.4 Å². The lowest BCUT2D eigenvalue weighted by molar-refractivity contribution is 0.0697. The molecule has 2 N–H and O–H groups in total. The minimum absolute atomic E-state index is 0.0681. The standard InChI is InChI=1S/C7H5N3O4/c11-7(12)4-2-14-10-6(4)9-5-1-8-3-13-5/h1-3H,(H,9,10)(H,11,12). The van der Waals surface area contributed by atoms with Gasteiger partial charge in [0.2, 0.25) is 5.88 Å². The van der Waals surface area contributed by atoms with Crippen molar-refractivity contribution in [2.45, 2.75) is 0 Å². The summed E-state index contributed by atoms with van der Waals surface area (Å²) in [5.41, 5.74) is -0.0681. The molecule has 14 heavy (non-hydrogen) atoms. The monoisotopic (exact) mass is 195 g/mol. The summed E-state index contributed by atoms with van der Waals surface area (Å²) in [6, 6.07) is 0. The van der Waals surface area contributed by atoms with E-state index in [1.165, 1.54) is 12.6 Å². The van der Waals surface area contributed by atoms with Gasteiger partial charge in [0.05, 0.1) is 6.20 Å².